The highest BCUT2D eigenvalue weighted by Crippen LogP contribution is 2.29. The Balaban J connectivity index is 2.22. The van der Waals surface area contributed by atoms with Crippen molar-refractivity contribution in [2.24, 2.45) is 0 Å². The lowest BCUT2D eigenvalue weighted by molar-refractivity contribution is 0.0245. The summed E-state index contributed by atoms with van der Waals surface area (Å²) in [5.74, 6) is -0.226. The fourth-order valence-corrected chi connectivity index (χ4v) is 2.79. The predicted molar refractivity (Wildman–Crippen MR) is 82.6 cm³/mol. The van der Waals surface area contributed by atoms with Crippen LogP contribution in [0.25, 0.3) is 0 Å². The van der Waals surface area contributed by atoms with Gasteiger partial charge in [-0.3, -0.25) is 4.90 Å². The Morgan fingerprint density at radius 3 is 2.70 bits per heavy atom. The molecule has 112 valence electrons. The molecule has 0 aromatic heterocycles. The third-order valence-electron chi connectivity index (χ3n) is 4.49. The van der Waals surface area contributed by atoms with Crippen LogP contribution in [0.5, 0.6) is 0 Å². The molecule has 1 fully saturated rings. The summed E-state index contributed by atoms with van der Waals surface area (Å²) in [5, 5.41) is 4.27. The lowest BCUT2D eigenvalue weighted by Crippen LogP contribution is -2.66. The van der Waals surface area contributed by atoms with E-state index in [1.165, 1.54) is 6.07 Å². The fourth-order valence-electron chi connectivity index (χ4n) is 2.61. The van der Waals surface area contributed by atoms with E-state index in [9.17, 15) is 4.39 Å². The van der Waals surface area contributed by atoms with Gasteiger partial charge in [0.05, 0.1) is 0 Å². The van der Waals surface area contributed by atoms with E-state index in [1.807, 2.05) is 0 Å². The highest BCUT2D eigenvalue weighted by molar-refractivity contribution is 6.31. The van der Waals surface area contributed by atoms with Crippen LogP contribution in [0.2, 0.25) is 5.02 Å². The zero-order valence-corrected chi connectivity index (χ0v) is 13.5. The summed E-state index contributed by atoms with van der Waals surface area (Å²) in [7, 11) is 0. The summed E-state index contributed by atoms with van der Waals surface area (Å²) in [5.41, 5.74) is 1.000. The third-order valence-corrected chi connectivity index (χ3v) is 4.86. The highest BCUT2D eigenvalue weighted by atomic mass is 35.5. The molecule has 1 unspecified atom stereocenters. The number of rotatable bonds is 3. The van der Waals surface area contributed by atoms with Crippen molar-refractivity contribution in [1.82, 2.24) is 10.2 Å². The van der Waals surface area contributed by atoms with Crippen molar-refractivity contribution in [2.45, 2.75) is 51.7 Å². The summed E-state index contributed by atoms with van der Waals surface area (Å²) in [4.78, 5) is 2.40. The van der Waals surface area contributed by atoms with E-state index >= 15 is 0 Å². The lowest BCUT2D eigenvalue weighted by Gasteiger charge is -2.51. The molecule has 0 bridgehead atoms. The van der Waals surface area contributed by atoms with Gasteiger partial charge in [-0.25, -0.2) is 4.39 Å². The third kappa shape index (κ3) is 3.33. The van der Waals surface area contributed by atoms with E-state index < -0.39 is 0 Å². The van der Waals surface area contributed by atoms with Crippen LogP contribution in [-0.4, -0.2) is 29.1 Å². The second-order valence-corrected chi connectivity index (χ2v) is 7.08. The molecule has 1 saturated heterocycles. The van der Waals surface area contributed by atoms with E-state index in [0.29, 0.717) is 11.6 Å². The Morgan fingerprint density at radius 1 is 1.35 bits per heavy atom. The first kappa shape index (κ1) is 15.7. The minimum Gasteiger partial charge on any atom is -0.308 e. The van der Waals surface area contributed by atoms with E-state index in [-0.39, 0.29) is 16.9 Å². The fraction of sp³-hybridized carbons (Fsp3) is 0.625. The number of nitrogens with zero attached hydrogens (tertiary/aromatic N) is 1. The molecule has 1 N–H and O–H groups in total. The van der Waals surface area contributed by atoms with Gasteiger partial charge in [-0.2, -0.15) is 0 Å². The summed E-state index contributed by atoms with van der Waals surface area (Å²) < 4.78 is 13.4. The SMILES string of the molecule is CCC1(C)CN(Cc2cc(F)ccc2Cl)C(C)(C)CN1. The average Bonchev–Trinajstić information content (AvgIpc) is 2.39. The van der Waals surface area contributed by atoms with Crippen LogP contribution in [0.4, 0.5) is 4.39 Å². The number of nitrogens with one attached hydrogen (secondary N) is 1. The maximum atomic E-state index is 13.4. The normalized spacial score (nSPS) is 26.7. The Labute approximate surface area is 126 Å². The first-order valence-electron chi connectivity index (χ1n) is 7.20. The Hall–Kier alpha value is -0.640. The van der Waals surface area contributed by atoms with Crippen molar-refractivity contribution in [1.29, 1.82) is 0 Å². The highest BCUT2D eigenvalue weighted by Gasteiger charge is 2.39. The van der Waals surface area contributed by atoms with E-state index in [4.69, 9.17) is 11.6 Å². The number of halogens is 2. The molecule has 0 radical (unpaired) electrons. The molecule has 2 nitrogen and oxygen atoms in total. The molecule has 1 aromatic rings. The lowest BCUT2D eigenvalue weighted by atomic mass is 9.88. The van der Waals surface area contributed by atoms with Crippen molar-refractivity contribution in [3.63, 3.8) is 0 Å². The van der Waals surface area contributed by atoms with Crippen LogP contribution in [0.1, 0.15) is 39.7 Å². The molecule has 1 heterocycles. The number of piperazine rings is 1. The molecule has 1 aliphatic rings. The van der Waals surface area contributed by atoms with Crippen molar-refractivity contribution in [3.8, 4) is 0 Å². The second kappa shape index (κ2) is 5.63. The summed E-state index contributed by atoms with van der Waals surface area (Å²) in [6.07, 6.45) is 1.07. The maximum Gasteiger partial charge on any atom is 0.123 e. The monoisotopic (exact) mass is 298 g/mol. The molecule has 20 heavy (non-hydrogen) atoms. The first-order valence-corrected chi connectivity index (χ1v) is 7.57. The smallest absolute Gasteiger partial charge is 0.123 e. The van der Waals surface area contributed by atoms with E-state index in [0.717, 1.165) is 25.1 Å². The summed E-state index contributed by atoms with van der Waals surface area (Å²) >= 11 is 6.20. The van der Waals surface area contributed by atoms with Gasteiger partial charge in [-0.15, -0.1) is 0 Å². The minimum absolute atomic E-state index is 0.0321. The van der Waals surface area contributed by atoms with Crippen molar-refractivity contribution >= 4 is 11.6 Å². The molecule has 2 rings (SSSR count). The Morgan fingerprint density at radius 2 is 2.05 bits per heavy atom. The minimum atomic E-state index is -0.226. The van der Waals surface area contributed by atoms with Gasteiger partial charge in [0.1, 0.15) is 5.82 Å². The molecule has 0 saturated carbocycles. The van der Waals surface area contributed by atoms with Crippen LogP contribution >= 0.6 is 11.6 Å². The van der Waals surface area contributed by atoms with Gasteiger partial charge in [0, 0.05) is 35.7 Å². The number of hydrogen-bond donors (Lipinski definition) is 1. The quantitative estimate of drug-likeness (QED) is 0.912. The molecular formula is C16H24ClFN2. The van der Waals surface area contributed by atoms with E-state index in [1.54, 1.807) is 12.1 Å². The average molecular weight is 299 g/mol. The Kier molecular flexibility index (Phi) is 4.43. The molecule has 1 aromatic carbocycles. The van der Waals surface area contributed by atoms with Gasteiger partial charge in [-0.05, 0) is 51.0 Å². The number of benzene rings is 1. The van der Waals surface area contributed by atoms with Gasteiger partial charge >= 0.3 is 0 Å². The van der Waals surface area contributed by atoms with Gasteiger partial charge < -0.3 is 5.32 Å². The number of hydrogen-bond acceptors (Lipinski definition) is 2. The summed E-state index contributed by atoms with van der Waals surface area (Å²) in [6, 6.07) is 4.59. The molecule has 1 aliphatic heterocycles. The van der Waals surface area contributed by atoms with Crippen LogP contribution in [-0.2, 0) is 6.54 Å². The van der Waals surface area contributed by atoms with Crippen LogP contribution in [0.3, 0.4) is 0 Å². The zero-order valence-electron chi connectivity index (χ0n) is 12.8. The molecule has 0 spiro atoms. The standard InChI is InChI=1S/C16H24ClFN2/c1-5-16(4)11-20(15(2,3)10-19-16)9-12-8-13(18)6-7-14(12)17/h6-8,19H,5,9-11H2,1-4H3. The first-order chi connectivity index (χ1) is 9.26. The molecular weight excluding hydrogens is 275 g/mol. The molecule has 4 heteroatoms. The van der Waals surface area contributed by atoms with Crippen LogP contribution in [0.15, 0.2) is 18.2 Å². The van der Waals surface area contributed by atoms with Gasteiger partial charge in [0.2, 0.25) is 0 Å². The van der Waals surface area contributed by atoms with Gasteiger partial charge in [0.15, 0.2) is 0 Å². The maximum absolute atomic E-state index is 13.4. The summed E-state index contributed by atoms with van der Waals surface area (Å²) in [6.45, 7) is 11.4. The van der Waals surface area contributed by atoms with Crippen molar-refractivity contribution < 1.29 is 4.39 Å². The van der Waals surface area contributed by atoms with Crippen molar-refractivity contribution in [2.75, 3.05) is 13.1 Å². The van der Waals surface area contributed by atoms with Gasteiger partial charge in [0.25, 0.3) is 0 Å². The van der Waals surface area contributed by atoms with E-state index in [2.05, 4.69) is 37.9 Å². The van der Waals surface area contributed by atoms with Crippen molar-refractivity contribution in [3.05, 3.63) is 34.6 Å². The van der Waals surface area contributed by atoms with Crippen LogP contribution in [0, 0.1) is 5.82 Å². The molecule has 1 atom stereocenters. The largest absolute Gasteiger partial charge is 0.308 e. The van der Waals surface area contributed by atoms with Gasteiger partial charge in [-0.1, -0.05) is 18.5 Å². The molecule has 0 amide bonds. The predicted octanol–water partition coefficient (Wildman–Crippen LogP) is 3.83. The van der Waals surface area contributed by atoms with Crippen LogP contribution < -0.4 is 5.32 Å². The Bertz CT molecular complexity index is 489. The topological polar surface area (TPSA) is 15.3 Å². The zero-order chi connectivity index (χ0) is 15.0. The second-order valence-electron chi connectivity index (χ2n) is 6.67. The molecule has 0 aliphatic carbocycles.